The number of Topliss-reactive ketones (excluding diaryl/α,β-unsaturated/α-hetero) is 1. The largest absolute Gasteiger partial charge is 0.507 e. The average Bonchev–Trinajstić information content (AvgIpc) is 3.34. The molecular weight excluding hydrogens is 442 g/mol. The molecule has 1 N–H and O–H groups in total. The molecule has 2 heterocycles. The number of ether oxygens (including phenoxy) is 1. The molecule has 182 valence electrons. The highest BCUT2D eigenvalue weighted by Gasteiger charge is 2.48. The summed E-state index contributed by atoms with van der Waals surface area (Å²) in [6.45, 7) is 12.2. The molecule has 0 radical (unpaired) electrons. The van der Waals surface area contributed by atoms with E-state index in [4.69, 9.17) is 9.15 Å². The van der Waals surface area contributed by atoms with Crippen molar-refractivity contribution in [2.24, 2.45) is 5.92 Å². The molecule has 1 fully saturated rings. The Hall–Kier alpha value is -3.80. The van der Waals surface area contributed by atoms with Crippen LogP contribution < -0.4 is 9.64 Å². The molecule has 1 unspecified atom stereocenters. The number of aliphatic hydroxyl groups is 1. The SMILES string of the molecule is Cc1ccc(C)c(N2C(=O)C(=O)/C(=C(\O)c3ccc(OCC(C)C)c(C)c3)C2c2ccc(C)o2)c1. The molecule has 0 spiro atoms. The van der Waals surface area contributed by atoms with E-state index in [1.54, 1.807) is 37.3 Å². The number of amides is 1. The first-order chi connectivity index (χ1) is 16.6. The molecule has 35 heavy (non-hydrogen) atoms. The van der Waals surface area contributed by atoms with Gasteiger partial charge in [-0.25, -0.2) is 0 Å². The topological polar surface area (TPSA) is 80.0 Å². The smallest absolute Gasteiger partial charge is 0.300 e. The van der Waals surface area contributed by atoms with Crippen molar-refractivity contribution >= 4 is 23.1 Å². The van der Waals surface area contributed by atoms with E-state index in [0.717, 1.165) is 16.7 Å². The van der Waals surface area contributed by atoms with Gasteiger partial charge in [0.2, 0.25) is 0 Å². The molecule has 0 bridgehead atoms. The fraction of sp³-hybridized carbons (Fsp3) is 0.310. The van der Waals surface area contributed by atoms with E-state index in [9.17, 15) is 14.7 Å². The number of carbonyl (C=O) groups excluding carboxylic acids is 2. The zero-order chi connectivity index (χ0) is 25.4. The molecule has 1 aromatic heterocycles. The van der Waals surface area contributed by atoms with Crippen LogP contribution in [0.1, 0.15) is 53.7 Å². The van der Waals surface area contributed by atoms with Gasteiger partial charge in [0.1, 0.15) is 29.1 Å². The minimum atomic E-state index is -0.888. The fourth-order valence-corrected chi connectivity index (χ4v) is 4.30. The molecule has 1 aliphatic heterocycles. The lowest BCUT2D eigenvalue weighted by Gasteiger charge is -2.25. The number of carbonyl (C=O) groups is 2. The van der Waals surface area contributed by atoms with E-state index in [1.807, 2.05) is 39.0 Å². The number of ketones is 1. The summed E-state index contributed by atoms with van der Waals surface area (Å²) >= 11 is 0. The molecule has 2 aromatic carbocycles. The van der Waals surface area contributed by atoms with Crippen molar-refractivity contribution < 1.29 is 23.8 Å². The van der Waals surface area contributed by atoms with Gasteiger partial charge in [0.25, 0.3) is 11.7 Å². The summed E-state index contributed by atoms with van der Waals surface area (Å²) in [4.78, 5) is 28.1. The van der Waals surface area contributed by atoms with Crippen LogP contribution in [-0.2, 0) is 9.59 Å². The van der Waals surface area contributed by atoms with Gasteiger partial charge >= 0.3 is 0 Å². The molecule has 6 heteroatoms. The number of furan rings is 1. The van der Waals surface area contributed by atoms with Gasteiger partial charge < -0.3 is 14.3 Å². The van der Waals surface area contributed by atoms with Crippen molar-refractivity contribution in [3.8, 4) is 5.75 Å². The Morgan fingerprint density at radius 1 is 1.00 bits per heavy atom. The molecule has 1 amide bonds. The first kappa shape index (κ1) is 24.3. The molecule has 4 rings (SSSR count). The van der Waals surface area contributed by atoms with Crippen LogP contribution in [0.25, 0.3) is 5.76 Å². The predicted octanol–water partition coefficient (Wildman–Crippen LogP) is 6.17. The third-order valence-electron chi connectivity index (χ3n) is 6.12. The normalized spacial score (nSPS) is 17.5. The van der Waals surface area contributed by atoms with Crippen LogP contribution in [-0.4, -0.2) is 23.4 Å². The monoisotopic (exact) mass is 473 g/mol. The van der Waals surface area contributed by atoms with Crippen LogP contribution in [0.3, 0.4) is 0 Å². The van der Waals surface area contributed by atoms with Gasteiger partial charge in [-0.15, -0.1) is 0 Å². The van der Waals surface area contributed by atoms with Crippen LogP contribution in [0.2, 0.25) is 0 Å². The summed E-state index contributed by atoms with van der Waals surface area (Å²) in [5.74, 6) is 0.457. The third-order valence-corrected chi connectivity index (χ3v) is 6.12. The van der Waals surface area contributed by atoms with Gasteiger partial charge in [0, 0.05) is 11.3 Å². The van der Waals surface area contributed by atoms with Crippen LogP contribution >= 0.6 is 0 Å². The number of anilines is 1. The lowest BCUT2D eigenvalue weighted by atomic mass is 9.98. The Morgan fingerprint density at radius 2 is 1.74 bits per heavy atom. The van der Waals surface area contributed by atoms with Crippen LogP contribution in [0.5, 0.6) is 5.75 Å². The van der Waals surface area contributed by atoms with E-state index < -0.39 is 17.7 Å². The van der Waals surface area contributed by atoms with Crippen molar-refractivity contribution in [1.82, 2.24) is 0 Å². The predicted molar refractivity (Wildman–Crippen MR) is 136 cm³/mol. The summed E-state index contributed by atoms with van der Waals surface area (Å²) in [7, 11) is 0. The van der Waals surface area contributed by atoms with E-state index in [1.165, 1.54) is 4.90 Å². The Morgan fingerprint density at radius 3 is 2.37 bits per heavy atom. The van der Waals surface area contributed by atoms with Crippen LogP contribution in [0.4, 0.5) is 5.69 Å². The second-order valence-electron chi connectivity index (χ2n) is 9.59. The van der Waals surface area contributed by atoms with Crippen LogP contribution in [0.15, 0.2) is 58.5 Å². The first-order valence-electron chi connectivity index (χ1n) is 11.8. The number of nitrogens with zero attached hydrogens (tertiary/aromatic N) is 1. The number of hydrogen-bond donors (Lipinski definition) is 1. The molecule has 1 aliphatic rings. The quantitative estimate of drug-likeness (QED) is 0.263. The van der Waals surface area contributed by atoms with Crippen molar-refractivity contribution in [2.75, 3.05) is 11.5 Å². The zero-order valence-corrected chi connectivity index (χ0v) is 21.0. The lowest BCUT2D eigenvalue weighted by Crippen LogP contribution is -2.30. The van der Waals surface area contributed by atoms with Gasteiger partial charge in [-0.1, -0.05) is 26.0 Å². The van der Waals surface area contributed by atoms with Crippen LogP contribution in [0, 0.1) is 33.6 Å². The lowest BCUT2D eigenvalue weighted by molar-refractivity contribution is -0.132. The minimum Gasteiger partial charge on any atom is -0.507 e. The van der Waals surface area contributed by atoms with E-state index in [0.29, 0.717) is 41.0 Å². The maximum Gasteiger partial charge on any atom is 0.300 e. The highest BCUT2D eigenvalue weighted by Crippen LogP contribution is 2.44. The van der Waals surface area contributed by atoms with Gasteiger partial charge in [-0.05, 0) is 86.7 Å². The maximum atomic E-state index is 13.3. The Labute approximate surface area is 205 Å². The van der Waals surface area contributed by atoms with Gasteiger partial charge in [-0.3, -0.25) is 14.5 Å². The highest BCUT2D eigenvalue weighted by atomic mass is 16.5. The number of hydrogen-bond acceptors (Lipinski definition) is 5. The molecule has 1 saturated heterocycles. The number of aryl methyl sites for hydroxylation is 4. The Balaban J connectivity index is 1.86. The van der Waals surface area contributed by atoms with Crippen molar-refractivity contribution in [3.63, 3.8) is 0 Å². The maximum absolute atomic E-state index is 13.3. The molecule has 3 aromatic rings. The number of aliphatic hydroxyl groups excluding tert-OH is 1. The van der Waals surface area contributed by atoms with E-state index >= 15 is 0 Å². The zero-order valence-electron chi connectivity index (χ0n) is 21.0. The minimum absolute atomic E-state index is 0.000468. The van der Waals surface area contributed by atoms with Gasteiger partial charge in [0.05, 0.1) is 12.2 Å². The Bertz CT molecular complexity index is 1330. The van der Waals surface area contributed by atoms with E-state index in [-0.39, 0.29) is 11.3 Å². The summed E-state index contributed by atoms with van der Waals surface area (Å²) in [6, 6.07) is 13.6. The second kappa shape index (κ2) is 9.45. The highest BCUT2D eigenvalue weighted by molar-refractivity contribution is 6.51. The van der Waals surface area contributed by atoms with Gasteiger partial charge in [-0.2, -0.15) is 0 Å². The summed E-state index contributed by atoms with van der Waals surface area (Å²) in [6.07, 6.45) is 0. The average molecular weight is 474 g/mol. The second-order valence-corrected chi connectivity index (χ2v) is 9.59. The Kier molecular flexibility index (Phi) is 6.57. The van der Waals surface area contributed by atoms with Crippen molar-refractivity contribution in [3.05, 3.63) is 87.9 Å². The van der Waals surface area contributed by atoms with Crippen molar-refractivity contribution in [2.45, 2.75) is 47.6 Å². The summed E-state index contributed by atoms with van der Waals surface area (Å²) < 4.78 is 11.7. The fourth-order valence-electron chi connectivity index (χ4n) is 4.30. The summed E-state index contributed by atoms with van der Waals surface area (Å²) in [5, 5.41) is 11.4. The molecule has 0 saturated carbocycles. The molecule has 0 aliphatic carbocycles. The third kappa shape index (κ3) is 4.61. The van der Waals surface area contributed by atoms with Gasteiger partial charge in [0.15, 0.2) is 0 Å². The first-order valence-corrected chi connectivity index (χ1v) is 11.8. The summed E-state index contributed by atoms with van der Waals surface area (Å²) in [5.41, 5.74) is 3.66. The van der Waals surface area contributed by atoms with Crippen molar-refractivity contribution in [1.29, 1.82) is 0 Å². The van der Waals surface area contributed by atoms with E-state index in [2.05, 4.69) is 13.8 Å². The standard InChI is InChI=1S/C29H31NO5/c1-16(2)15-34-23-12-10-21(14-19(23)5)27(31)25-26(24-11-9-20(6)35-24)30(29(33)28(25)32)22-13-17(3)7-8-18(22)4/h7-14,16,26,31H,15H2,1-6H3/b27-25-. The molecular formula is C29H31NO5. The molecule has 6 nitrogen and oxygen atoms in total. The molecule has 1 atom stereocenters. The number of benzene rings is 2. The number of rotatable bonds is 6.